The molecule has 8 heteroatoms. The molecule has 0 radical (unpaired) electrons. The lowest BCUT2D eigenvalue weighted by molar-refractivity contribution is 0.265. The molecule has 0 saturated heterocycles. The molecular weight excluding hydrogens is 407 g/mol. The van der Waals surface area contributed by atoms with Crippen molar-refractivity contribution in [2.24, 2.45) is 0 Å². The highest BCUT2D eigenvalue weighted by atomic mass is 35.5. The Morgan fingerprint density at radius 2 is 1.89 bits per heavy atom. The third kappa shape index (κ3) is 4.04. The van der Waals surface area contributed by atoms with Gasteiger partial charge in [0.2, 0.25) is 0 Å². The largest absolute Gasteiger partial charge is 0.496 e. The van der Waals surface area contributed by atoms with E-state index >= 15 is 0 Å². The van der Waals surface area contributed by atoms with Crippen LogP contribution in [0.4, 0.5) is 5.69 Å². The van der Waals surface area contributed by atoms with Crippen LogP contribution in [0.25, 0.3) is 0 Å². The lowest BCUT2D eigenvalue weighted by atomic mass is 9.86. The van der Waals surface area contributed by atoms with Crippen LogP contribution in [-0.2, 0) is 22.9 Å². The number of anilines is 1. The van der Waals surface area contributed by atoms with Crippen molar-refractivity contribution >= 4 is 38.9 Å². The van der Waals surface area contributed by atoms with Gasteiger partial charge in [-0.25, -0.2) is 8.42 Å². The van der Waals surface area contributed by atoms with Crippen LogP contribution in [0, 0.1) is 0 Å². The average Bonchev–Trinajstić information content (AvgIpc) is 2.63. The maximum absolute atomic E-state index is 12.9. The van der Waals surface area contributed by atoms with E-state index in [1.807, 2.05) is 0 Å². The zero-order valence-electron chi connectivity index (χ0n) is 15.4. The summed E-state index contributed by atoms with van der Waals surface area (Å²) < 4.78 is 34.0. The maximum atomic E-state index is 12.9. The number of sulfonamides is 1. The van der Waals surface area contributed by atoms with Gasteiger partial charge >= 0.3 is 0 Å². The van der Waals surface area contributed by atoms with Gasteiger partial charge in [-0.05, 0) is 63.2 Å². The number of halogens is 2. The molecule has 0 aliphatic heterocycles. The molecule has 1 aliphatic carbocycles. The summed E-state index contributed by atoms with van der Waals surface area (Å²) >= 11 is 12.1. The van der Waals surface area contributed by atoms with E-state index in [4.69, 9.17) is 27.9 Å². The molecule has 146 valence electrons. The zero-order valence-corrected chi connectivity index (χ0v) is 17.7. The Morgan fingerprint density at radius 3 is 2.56 bits per heavy atom. The molecule has 27 heavy (non-hydrogen) atoms. The van der Waals surface area contributed by atoms with Crippen LogP contribution in [0.3, 0.4) is 0 Å². The second kappa shape index (κ2) is 7.87. The summed E-state index contributed by atoms with van der Waals surface area (Å²) in [5.41, 5.74) is 2.56. The van der Waals surface area contributed by atoms with Gasteiger partial charge in [-0.1, -0.05) is 29.3 Å². The Bertz CT molecular complexity index is 962. The van der Waals surface area contributed by atoms with Crippen LogP contribution in [0.5, 0.6) is 5.75 Å². The van der Waals surface area contributed by atoms with Crippen LogP contribution in [0.2, 0.25) is 10.0 Å². The molecule has 2 aromatic carbocycles. The van der Waals surface area contributed by atoms with E-state index in [0.29, 0.717) is 11.7 Å². The number of nitrogens with zero attached hydrogens (tertiary/aromatic N) is 1. The Kier molecular flexibility index (Phi) is 5.91. The number of ether oxygens (including phenoxy) is 1. The summed E-state index contributed by atoms with van der Waals surface area (Å²) in [7, 11) is 1.87. The number of hydrogen-bond donors (Lipinski definition) is 1. The fraction of sp³-hybridized carbons (Fsp3) is 0.368. The summed E-state index contributed by atoms with van der Waals surface area (Å²) in [6.07, 6.45) is 2.51. The predicted octanol–water partition coefficient (Wildman–Crippen LogP) is 4.22. The second-order valence-electron chi connectivity index (χ2n) is 6.79. The van der Waals surface area contributed by atoms with E-state index < -0.39 is 10.0 Å². The highest BCUT2D eigenvalue weighted by Gasteiger charge is 2.27. The number of likely N-dealkylation sites (N-methyl/N-ethyl adjacent to an activating group) is 1. The van der Waals surface area contributed by atoms with Crippen molar-refractivity contribution in [2.75, 3.05) is 25.9 Å². The fourth-order valence-electron chi connectivity index (χ4n) is 3.45. The van der Waals surface area contributed by atoms with E-state index in [9.17, 15) is 8.42 Å². The Hall–Kier alpha value is -1.47. The molecule has 0 bridgehead atoms. The van der Waals surface area contributed by atoms with Crippen LogP contribution in [0.1, 0.15) is 17.5 Å². The van der Waals surface area contributed by atoms with Crippen molar-refractivity contribution in [3.8, 4) is 5.75 Å². The van der Waals surface area contributed by atoms with E-state index in [-0.39, 0.29) is 14.9 Å². The van der Waals surface area contributed by atoms with E-state index in [2.05, 4.69) is 23.7 Å². The van der Waals surface area contributed by atoms with E-state index in [1.54, 1.807) is 31.4 Å². The van der Waals surface area contributed by atoms with E-state index in [1.165, 1.54) is 6.07 Å². The molecule has 0 aromatic heterocycles. The van der Waals surface area contributed by atoms with Gasteiger partial charge in [0.1, 0.15) is 10.6 Å². The second-order valence-corrected chi connectivity index (χ2v) is 9.23. The summed E-state index contributed by atoms with van der Waals surface area (Å²) in [5, 5.41) is 0.215. The monoisotopic (exact) mass is 428 g/mol. The minimum Gasteiger partial charge on any atom is -0.496 e. The minimum absolute atomic E-state index is 0.0155. The lowest BCUT2D eigenvalue weighted by Gasteiger charge is -2.32. The number of hydrogen-bond acceptors (Lipinski definition) is 4. The van der Waals surface area contributed by atoms with Gasteiger partial charge in [-0.2, -0.15) is 0 Å². The van der Waals surface area contributed by atoms with Crippen molar-refractivity contribution in [2.45, 2.75) is 30.2 Å². The van der Waals surface area contributed by atoms with Crippen molar-refractivity contribution in [3.05, 3.63) is 51.5 Å². The average molecular weight is 429 g/mol. The number of benzene rings is 2. The molecule has 1 unspecified atom stereocenters. The first-order valence-corrected chi connectivity index (χ1v) is 10.8. The third-order valence-electron chi connectivity index (χ3n) is 4.96. The summed E-state index contributed by atoms with van der Waals surface area (Å²) in [6.45, 7) is 0. The molecule has 0 saturated carbocycles. The van der Waals surface area contributed by atoms with Gasteiger partial charge in [0.15, 0.2) is 0 Å². The number of nitrogens with one attached hydrogen (secondary N) is 1. The third-order valence-corrected chi connectivity index (χ3v) is 7.29. The van der Waals surface area contributed by atoms with Crippen molar-refractivity contribution in [1.82, 2.24) is 4.90 Å². The van der Waals surface area contributed by atoms with Gasteiger partial charge in [0.05, 0.1) is 22.8 Å². The van der Waals surface area contributed by atoms with Crippen molar-refractivity contribution in [1.29, 1.82) is 0 Å². The molecule has 3 rings (SSSR count). The van der Waals surface area contributed by atoms with Gasteiger partial charge < -0.3 is 9.64 Å². The first-order valence-electron chi connectivity index (χ1n) is 8.56. The molecule has 1 aliphatic rings. The normalized spacial score (nSPS) is 16.9. The standard InChI is InChI=1S/C19H22Cl2N2O3S/c1-23(2)12-7-8-13-14(11-12)17(26-3)10-9-16(13)22-27(24,25)18-6-4-5-15(20)19(18)21/h4-6,9-10,12,22H,7-8,11H2,1-3H3. The summed E-state index contributed by atoms with van der Waals surface area (Å²) in [6, 6.07) is 8.49. The smallest absolute Gasteiger partial charge is 0.263 e. The lowest BCUT2D eigenvalue weighted by Crippen LogP contribution is -2.34. The number of fused-ring (bicyclic) bond motifs is 1. The molecule has 0 amide bonds. The minimum atomic E-state index is -3.87. The van der Waals surface area contributed by atoms with E-state index in [0.717, 1.165) is 36.1 Å². The van der Waals surface area contributed by atoms with Gasteiger partial charge in [0, 0.05) is 11.6 Å². The highest BCUT2D eigenvalue weighted by Crippen LogP contribution is 2.37. The molecule has 1 N–H and O–H groups in total. The van der Waals surface area contributed by atoms with Crippen molar-refractivity contribution in [3.63, 3.8) is 0 Å². The first-order chi connectivity index (χ1) is 12.7. The SMILES string of the molecule is COc1ccc(NS(=O)(=O)c2cccc(Cl)c2Cl)c2c1CC(N(C)C)CC2. The van der Waals surface area contributed by atoms with Gasteiger partial charge in [-0.3, -0.25) is 4.72 Å². The zero-order chi connectivity index (χ0) is 19.8. The van der Waals surface area contributed by atoms with Crippen LogP contribution in [0.15, 0.2) is 35.2 Å². The predicted molar refractivity (Wildman–Crippen MR) is 110 cm³/mol. The number of methoxy groups -OCH3 is 1. The van der Waals surface area contributed by atoms with Crippen LogP contribution < -0.4 is 9.46 Å². The maximum Gasteiger partial charge on any atom is 0.263 e. The summed E-state index contributed by atoms with van der Waals surface area (Å²) in [5.74, 6) is 0.778. The highest BCUT2D eigenvalue weighted by molar-refractivity contribution is 7.92. The Balaban J connectivity index is 2.01. The molecule has 2 aromatic rings. The molecule has 0 heterocycles. The van der Waals surface area contributed by atoms with Crippen LogP contribution in [-0.4, -0.2) is 40.6 Å². The molecule has 1 atom stereocenters. The molecule has 0 spiro atoms. The quantitative estimate of drug-likeness (QED) is 0.773. The first kappa shape index (κ1) is 20.3. The topological polar surface area (TPSA) is 58.6 Å². The summed E-state index contributed by atoms with van der Waals surface area (Å²) in [4.78, 5) is 2.15. The molecular formula is C19H22Cl2N2O3S. The Morgan fingerprint density at radius 1 is 1.15 bits per heavy atom. The fourth-order valence-corrected chi connectivity index (χ4v) is 5.30. The van der Waals surface area contributed by atoms with Gasteiger partial charge in [-0.15, -0.1) is 0 Å². The van der Waals surface area contributed by atoms with Gasteiger partial charge in [0.25, 0.3) is 10.0 Å². The molecule has 0 fully saturated rings. The van der Waals surface area contributed by atoms with Crippen LogP contribution >= 0.6 is 23.2 Å². The molecule has 5 nitrogen and oxygen atoms in total. The Labute approximate surface area is 170 Å². The van der Waals surface area contributed by atoms with Crippen molar-refractivity contribution < 1.29 is 13.2 Å². The number of rotatable bonds is 5.